The van der Waals surface area contributed by atoms with Crippen molar-refractivity contribution in [2.45, 2.75) is 26.9 Å². The molecule has 0 aliphatic rings. The molecular weight excluding hydrogens is 253 g/mol. The zero-order chi connectivity index (χ0) is 14.7. The minimum Gasteiger partial charge on any atom is -0.389 e. The molecule has 0 bridgehead atoms. The number of nitrogens with zero attached hydrogens (tertiary/aromatic N) is 1. The molecule has 0 heterocycles. The van der Waals surface area contributed by atoms with Crippen LogP contribution in [0, 0.1) is 12.7 Å². The summed E-state index contributed by atoms with van der Waals surface area (Å²) in [7, 11) is 0. The van der Waals surface area contributed by atoms with Crippen molar-refractivity contribution in [1.82, 2.24) is 0 Å². The molecule has 2 aromatic rings. The first-order valence-corrected chi connectivity index (χ1v) is 6.85. The molecule has 1 unspecified atom stereocenters. The summed E-state index contributed by atoms with van der Waals surface area (Å²) in [6.07, 6.45) is -0.660. The monoisotopic (exact) mass is 273 g/mol. The van der Waals surface area contributed by atoms with E-state index in [1.54, 1.807) is 19.1 Å². The minimum absolute atomic E-state index is 0.312. The number of hydrogen-bond acceptors (Lipinski definition) is 2. The van der Waals surface area contributed by atoms with E-state index in [1.807, 2.05) is 43.0 Å². The van der Waals surface area contributed by atoms with Gasteiger partial charge in [-0.2, -0.15) is 0 Å². The van der Waals surface area contributed by atoms with Gasteiger partial charge in [0, 0.05) is 12.2 Å². The third kappa shape index (κ3) is 2.83. The maximum atomic E-state index is 14.3. The molecule has 0 aliphatic heterocycles. The number of anilines is 2. The van der Waals surface area contributed by atoms with Crippen molar-refractivity contribution in [1.29, 1.82) is 0 Å². The number of aryl methyl sites for hydroxylation is 1. The highest BCUT2D eigenvalue weighted by molar-refractivity contribution is 5.66. The first-order chi connectivity index (χ1) is 9.54. The minimum atomic E-state index is -0.660. The molecule has 2 aromatic carbocycles. The summed E-state index contributed by atoms with van der Waals surface area (Å²) in [4.78, 5) is 1.94. The summed E-state index contributed by atoms with van der Waals surface area (Å²) in [5.41, 5.74) is 3.23. The Balaban J connectivity index is 2.45. The molecule has 0 spiro atoms. The van der Waals surface area contributed by atoms with E-state index >= 15 is 0 Å². The van der Waals surface area contributed by atoms with E-state index < -0.39 is 6.10 Å². The van der Waals surface area contributed by atoms with Gasteiger partial charge in [-0.1, -0.05) is 24.3 Å². The highest BCUT2D eigenvalue weighted by Crippen LogP contribution is 2.31. The highest BCUT2D eigenvalue weighted by atomic mass is 19.1. The maximum absolute atomic E-state index is 14.3. The first kappa shape index (κ1) is 14.5. The second-order valence-electron chi connectivity index (χ2n) is 4.92. The Morgan fingerprint density at radius 1 is 1.15 bits per heavy atom. The number of hydrogen-bond donors (Lipinski definition) is 1. The molecule has 0 aliphatic carbocycles. The van der Waals surface area contributed by atoms with Gasteiger partial charge in [0.05, 0.1) is 11.8 Å². The summed E-state index contributed by atoms with van der Waals surface area (Å²) in [5, 5.41) is 9.52. The Bertz CT molecular complexity index is 595. The van der Waals surface area contributed by atoms with E-state index in [0.717, 1.165) is 11.3 Å². The van der Waals surface area contributed by atoms with E-state index in [4.69, 9.17) is 0 Å². The van der Waals surface area contributed by atoms with Crippen LogP contribution in [0.3, 0.4) is 0 Å². The van der Waals surface area contributed by atoms with E-state index in [0.29, 0.717) is 17.8 Å². The van der Waals surface area contributed by atoms with Crippen LogP contribution in [0.1, 0.15) is 31.1 Å². The second-order valence-corrected chi connectivity index (χ2v) is 4.92. The van der Waals surface area contributed by atoms with Crippen LogP contribution in [0.25, 0.3) is 0 Å². The lowest BCUT2D eigenvalue weighted by Crippen LogP contribution is -2.18. The number of para-hydroxylation sites is 1. The van der Waals surface area contributed by atoms with Gasteiger partial charge in [0.1, 0.15) is 5.82 Å². The van der Waals surface area contributed by atoms with Crippen molar-refractivity contribution >= 4 is 11.4 Å². The molecule has 0 aromatic heterocycles. The van der Waals surface area contributed by atoms with Crippen LogP contribution in [0.2, 0.25) is 0 Å². The van der Waals surface area contributed by atoms with Gasteiger partial charge in [0.25, 0.3) is 0 Å². The fourth-order valence-corrected chi connectivity index (χ4v) is 2.34. The van der Waals surface area contributed by atoms with Gasteiger partial charge in [0.15, 0.2) is 0 Å². The average Bonchev–Trinajstić information content (AvgIpc) is 2.43. The molecule has 0 radical (unpaired) electrons. The van der Waals surface area contributed by atoms with Gasteiger partial charge < -0.3 is 10.0 Å². The molecule has 3 heteroatoms. The van der Waals surface area contributed by atoms with Gasteiger partial charge in [-0.25, -0.2) is 4.39 Å². The van der Waals surface area contributed by atoms with Crippen molar-refractivity contribution < 1.29 is 9.50 Å². The van der Waals surface area contributed by atoms with Crippen LogP contribution >= 0.6 is 0 Å². The van der Waals surface area contributed by atoms with Crippen molar-refractivity contribution in [3.63, 3.8) is 0 Å². The number of rotatable bonds is 4. The predicted molar refractivity (Wildman–Crippen MR) is 80.9 cm³/mol. The van der Waals surface area contributed by atoms with Gasteiger partial charge in [-0.3, -0.25) is 0 Å². The SMILES string of the molecule is CCN(c1ccccc1C)c1ccc(C(C)O)cc1F. The molecular formula is C17H20FNO. The molecule has 2 rings (SSSR count). The summed E-state index contributed by atoms with van der Waals surface area (Å²) in [6, 6.07) is 12.8. The smallest absolute Gasteiger partial charge is 0.147 e. The Labute approximate surface area is 119 Å². The van der Waals surface area contributed by atoms with E-state index in [9.17, 15) is 9.50 Å². The second kappa shape index (κ2) is 6.06. The van der Waals surface area contributed by atoms with Crippen LogP contribution in [0.4, 0.5) is 15.8 Å². The third-order valence-electron chi connectivity index (χ3n) is 3.47. The van der Waals surface area contributed by atoms with Crippen LogP contribution < -0.4 is 4.90 Å². The van der Waals surface area contributed by atoms with Gasteiger partial charge >= 0.3 is 0 Å². The Kier molecular flexibility index (Phi) is 4.40. The summed E-state index contributed by atoms with van der Waals surface area (Å²) in [5.74, 6) is -0.312. The molecule has 20 heavy (non-hydrogen) atoms. The molecule has 1 atom stereocenters. The van der Waals surface area contributed by atoms with Crippen LogP contribution in [-0.2, 0) is 0 Å². The highest BCUT2D eigenvalue weighted by Gasteiger charge is 2.15. The number of benzene rings is 2. The molecule has 106 valence electrons. The molecule has 0 saturated carbocycles. The van der Waals surface area contributed by atoms with E-state index in [1.165, 1.54) is 6.07 Å². The Morgan fingerprint density at radius 2 is 1.85 bits per heavy atom. The van der Waals surface area contributed by atoms with Crippen molar-refractivity contribution in [3.8, 4) is 0 Å². The molecule has 0 amide bonds. The fourth-order valence-electron chi connectivity index (χ4n) is 2.34. The number of halogens is 1. The van der Waals surface area contributed by atoms with Crippen molar-refractivity contribution in [3.05, 3.63) is 59.4 Å². The summed E-state index contributed by atoms with van der Waals surface area (Å²) >= 11 is 0. The summed E-state index contributed by atoms with van der Waals surface area (Å²) < 4.78 is 14.3. The fraction of sp³-hybridized carbons (Fsp3) is 0.294. The van der Waals surface area contributed by atoms with Gasteiger partial charge in [-0.15, -0.1) is 0 Å². The van der Waals surface area contributed by atoms with Crippen LogP contribution in [-0.4, -0.2) is 11.7 Å². The Morgan fingerprint density at radius 3 is 2.40 bits per heavy atom. The predicted octanol–water partition coefficient (Wildman–Crippen LogP) is 4.35. The zero-order valence-electron chi connectivity index (χ0n) is 12.1. The molecule has 0 saturated heterocycles. The molecule has 2 nitrogen and oxygen atoms in total. The van der Waals surface area contributed by atoms with Crippen molar-refractivity contribution in [2.24, 2.45) is 0 Å². The number of aliphatic hydroxyl groups is 1. The van der Waals surface area contributed by atoms with Crippen molar-refractivity contribution in [2.75, 3.05) is 11.4 Å². The standard InChI is InChI=1S/C17H20FNO/c1-4-19(16-8-6-5-7-12(16)2)17-10-9-14(13(3)20)11-15(17)18/h5-11,13,20H,4H2,1-3H3. The lowest BCUT2D eigenvalue weighted by atomic mass is 10.1. The normalized spacial score (nSPS) is 12.2. The maximum Gasteiger partial charge on any atom is 0.147 e. The topological polar surface area (TPSA) is 23.5 Å². The zero-order valence-corrected chi connectivity index (χ0v) is 12.1. The van der Waals surface area contributed by atoms with Gasteiger partial charge in [0.2, 0.25) is 0 Å². The quantitative estimate of drug-likeness (QED) is 0.895. The lowest BCUT2D eigenvalue weighted by Gasteiger charge is -2.26. The van der Waals surface area contributed by atoms with E-state index in [2.05, 4.69) is 0 Å². The first-order valence-electron chi connectivity index (χ1n) is 6.85. The van der Waals surface area contributed by atoms with Crippen LogP contribution in [0.5, 0.6) is 0 Å². The van der Waals surface area contributed by atoms with Crippen LogP contribution in [0.15, 0.2) is 42.5 Å². The Hall–Kier alpha value is -1.87. The largest absolute Gasteiger partial charge is 0.389 e. The number of aliphatic hydroxyl groups excluding tert-OH is 1. The molecule has 1 N–H and O–H groups in total. The summed E-state index contributed by atoms with van der Waals surface area (Å²) in [6.45, 7) is 6.32. The van der Waals surface area contributed by atoms with E-state index in [-0.39, 0.29) is 5.82 Å². The molecule has 0 fully saturated rings. The average molecular weight is 273 g/mol. The van der Waals surface area contributed by atoms with Gasteiger partial charge in [-0.05, 0) is 50.1 Å². The third-order valence-corrected chi connectivity index (χ3v) is 3.47. The lowest BCUT2D eigenvalue weighted by molar-refractivity contribution is 0.199.